The zero-order valence-electron chi connectivity index (χ0n) is 33.1. The fourth-order valence-electron chi connectivity index (χ4n) is 6.09. The van der Waals surface area contributed by atoms with E-state index in [2.05, 4.69) is 4.90 Å². The van der Waals surface area contributed by atoms with Crippen molar-refractivity contribution in [2.75, 3.05) is 82.1 Å². The molecule has 0 saturated heterocycles. The molecule has 0 aliphatic carbocycles. The van der Waals surface area contributed by atoms with Gasteiger partial charge in [0.25, 0.3) is 0 Å². The Bertz CT molecular complexity index is 1870. The van der Waals surface area contributed by atoms with Gasteiger partial charge in [0.1, 0.15) is 11.3 Å². The number of fused-ring (bicyclic) bond motifs is 1. The van der Waals surface area contributed by atoms with Crippen LogP contribution in [0.3, 0.4) is 0 Å². The summed E-state index contributed by atoms with van der Waals surface area (Å²) in [7, 11) is 8.98. The summed E-state index contributed by atoms with van der Waals surface area (Å²) >= 11 is 0. The molecule has 4 aromatic rings. The maximum atomic E-state index is 12.9. The molecule has 0 aliphatic heterocycles. The van der Waals surface area contributed by atoms with Gasteiger partial charge in [0, 0.05) is 30.6 Å². The average molecular weight is 780 g/mol. The minimum Gasteiger partial charge on any atom is -0.493 e. The van der Waals surface area contributed by atoms with Crippen molar-refractivity contribution in [1.82, 2.24) is 4.90 Å². The fourth-order valence-corrected chi connectivity index (χ4v) is 6.09. The van der Waals surface area contributed by atoms with E-state index >= 15 is 0 Å². The van der Waals surface area contributed by atoms with Crippen LogP contribution in [0.1, 0.15) is 65.7 Å². The molecule has 0 bridgehead atoms. The number of unbranched alkanes of at least 4 members (excludes halogenated alkanes) is 4. The molecule has 304 valence electrons. The van der Waals surface area contributed by atoms with Gasteiger partial charge in [-0.15, -0.1) is 0 Å². The first-order valence-electron chi connectivity index (χ1n) is 18.6. The van der Waals surface area contributed by atoms with Crippen LogP contribution in [0.4, 0.5) is 0 Å². The number of benzene rings is 3. The van der Waals surface area contributed by atoms with Crippen LogP contribution in [0.5, 0.6) is 40.2 Å². The van der Waals surface area contributed by atoms with Crippen molar-refractivity contribution in [3.05, 3.63) is 76.1 Å². The highest BCUT2D eigenvalue weighted by molar-refractivity contribution is 5.92. The van der Waals surface area contributed by atoms with E-state index in [-0.39, 0.29) is 6.61 Å². The van der Waals surface area contributed by atoms with Crippen molar-refractivity contribution in [2.24, 2.45) is 0 Å². The molecule has 0 radical (unpaired) electrons. The van der Waals surface area contributed by atoms with Crippen molar-refractivity contribution in [1.29, 1.82) is 0 Å². The van der Waals surface area contributed by atoms with Crippen LogP contribution in [-0.2, 0) is 9.47 Å². The maximum absolute atomic E-state index is 12.9. The summed E-state index contributed by atoms with van der Waals surface area (Å²) in [5.41, 5.74) is 0.703. The third kappa shape index (κ3) is 12.4. The average Bonchev–Trinajstić information content (AvgIpc) is 3.22. The summed E-state index contributed by atoms with van der Waals surface area (Å²) < 4.78 is 54.5. The number of ether oxygens (including phenoxy) is 9. The molecule has 4 rings (SSSR count). The van der Waals surface area contributed by atoms with E-state index in [0.29, 0.717) is 76.6 Å². The van der Waals surface area contributed by atoms with E-state index in [4.69, 9.17) is 47.0 Å². The van der Waals surface area contributed by atoms with Crippen molar-refractivity contribution in [3.63, 3.8) is 0 Å². The van der Waals surface area contributed by atoms with Crippen LogP contribution in [0.2, 0.25) is 0 Å². The number of nitrogens with zero attached hydrogens (tertiary/aromatic N) is 1. The number of carbonyl (C=O) groups is 2. The Morgan fingerprint density at radius 2 is 1.00 bits per heavy atom. The zero-order valence-corrected chi connectivity index (χ0v) is 33.1. The zero-order chi connectivity index (χ0) is 40.3. The Balaban J connectivity index is 1.22. The predicted molar refractivity (Wildman–Crippen MR) is 209 cm³/mol. The Morgan fingerprint density at radius 1 is 0.536 bits per heavy atom. The van der Waals surface area contributed by atoms with Gasteiger partial charge in [0.15, 0.2) is 23.0 Å². The van der Waals surface area contributed by atoms with Gasteiger partial charge in [-0.3, -0.25) is 0 Å². The van der Waals surface area contributed by atoms with Gasteiger partial charge < -0.3 is 51.9 Å². The lowest BCUT2D eigenvalue weighted by Gasteiger charge is -2.22. The van der Waals surface area contributed by atoms with Crippen molar-refractivity contribution in [2.45, 2.75) is 44.9 Å². The van der Waals surface area contributed by atoms with Gasteiger partial charge in [0.05, 0.1) is 73.6 Å². The van der Waals surface area contributed by atoms with E-state index in [1.54, 1.807) is 36.4 Å². The lowest BCUT2D eigenvalue weighted by molar-refractivity contribution is 0.0482. The molecular formula is C42H53NO13. The largest absolute Gasteiger partial charge is 0.493 e. The molecule has 14 heteroatoms. The second-order valence-electron chi connectivity index (χ2n) is 12.7. The minimum absolute atomic E-state index is 0.236. The highest BCUT2D eigenvalue weighted by atomic mass is 16.5. The maximum Gasteiger partial charge on any atom is 0.338 e. The van der Waals surface area contributed by atoms with Gasteiger partial charge in [-0.2, -0.15) is 0 Å². The quantitative estimate of drug-likeness (QED) is 0.0387. The van der Waals surface area contributed by atoms with Crippen LogP contribution >= 0.6 is 0 Å². The third-order valence-corrected chi connectivity index (χ3v) is 8.99. The van der Waals surface area contributed by atoms with E-state index in [1.165, 1.54) is 48.7 Å². The van der Waals surface area contributed by atoms with Crippen molar-refractivity contribution < 1.29 is 56.6 Å². The summed E-state index contributed by atoms with van der Waals surface area (Å²) in [6.07, 6.45) is 6.03. The number of carbonyl (C=O) groups excluding carboxylic acids is 2. The van der Waals surface area contributed by atoms with Gasteiger partial charge in [-0.05, 0) is 74.7 Å². The monoisotopic (exact) mass is 779 g/mol. The highest BCUT2D eigenvalue weighted by Crippen LogP contribution is 2.39. The normalized spacial score (nSPS) is 10.9. The van der Waals surface area contributed by atoms with Crippen LogP contribution in [-0.4, -0.2) is 99.0 Å². The van der Waals surface area contributed by atoms with Crippen molar-refractivity contribution in [3.8, 4) is 40.2 Å². The number of methoxy groups -OCH3 is 6. The summed E-state index contributed by atoms with van der Waals surface area (Å²) in [6.45, 7) is 3.38. The van der Waals surface area contributed by atoms with Crippen LogP contribution in [0, 0.1) is 0 Å². The van der Waals surface area contributed by atoms with E-state index in [0.717, 1.165) is 63.5 Å². The standard InChI is InChI=1S/C42H53NO13/c1-47-34-24-30(25-35(48-2)39(34)51-5)41(45)54-21-11-9-7-8-10-18-43(19-12-22-53-32-16-14-29-15-17-38(44)56-33(29)28-32)20-13-23-55-42(46)31-26-36(49-3)40(52-6)37(27-31)50-4/h14-17,24-28H,7-13,18-23H2,1-6H3. The Hall–Kier alpha value is -5.63. The molecule has 0 fully saturated rings. The molecule has 0 amide bonds. The Morgan fingerprint density at radius 3 is 1.54 bits per heavy atom. The molecule has 1 aromatic heterocycles. The van der Waals surface area contributed by atoms with Crippen LogP contribution in [0.25, 0.3) is 11.0 Å². The SMILES string of the molecule is COc1cc(C(=O)OCCCCCCCN(CCCOC(=O)c2cc(OC)c(OC)c(OC)c2)CCCOc2ccc3ccc(=O)oc3c2)cc(OC)c1OC. The molecule has 14 nitrogen and oxygen atoms in total. The molecule has 0 saturated carbocycles. The van der Waals surface area contributed by atoms with E-state index in [1.807, 2.05) is 12.1 Å². The molecular weight excluding hydrogens is 726 g/mol. The van der Waals surface area contributed by atoms with Crippen molar-refractivity contribution >= 4 is 22.9 Å². The van der Waals surface area contributed by atoms with Crippen LogP contribution in [0.15, 0.2) is 63.8 Å². The number of hydrogen-bond acceptors (Lipinski definition) is 14. The van der Waals surface area contributed by atoms with E-state index < -0.39 is 17.6 Å². The third-order valence-electron chi connectivity index (χ3n) is 8.99. The first-order chi connectivity index (χ1) is 27.2. The number of hydrogen-bond donors (Lipinski definition) is 0. The topological polar surface area (TPSA) is 151 Å². The fraction of sp³-hybridized carbons (Fsp3) is 0.452. The molecule has 3 aromatic carbocycles. The van der Waals surface area contributed by atoms with Gasteiger partial charge in [-0.25, -0.2) is 14.4 Å². The second kappa shape index (κ2) is 22.7. The van der Waals surface area contributed by atoms with Gasteiger partial charge in [-0.1, -0.05) is 19.3 Å². The highest BCUT2D eigenvalue weighted by Gasteiger charge is 2.19. The second-order valence-corrected chi connectivity index (χ2v) is 12.7. The smallest absolute Gasteiger partial charge is 0.338 e. The lowest BCUT2D eigenvalue weighted by Crippen LogP contribution is -2.29. The minimum atomic E-state index is -0.482. The van der Waals surface area contributed by atoms with Gasteiger partial charge >= 0.3 is 17.6 Å². The first-order valence-corrected chi connectivity index (χ1v) is 18.6. The molecule has 0 unspecified atom stereocenters. The first kappa shape index (κ1) is 43.1. The van der Waals surface area contributed by atoms with E-state index in [9.17, 15) is 14.4 Å². The molecule has 56 heavy (non-hydrogen) atoms. The summed E-state index contributed by atoms with van der Waals surface area (Å²) in [5, 5.41) is 0.825. The summed E-state index contributed by atoms with van der Waals surface area (Å²) in [6, 6.07) is 14.8. The molecule has 0 atom stereocenters. The number of esters is 2. The number of rotatable bonds is 25. The molecule has 1 heterocycles. The Labute approximate surface area is 327 Å². The summed E-state index contributed by atoms with van der Waals surface area (Å²) in [5.74, 6) is 2.02. The molecule has 0 spiro atoms. The molecule has 0 N–H and O–H groups in total. The Kier molecular flexibility index (Phi) is 17.5. The lowest BCUT2D eigenvalue weighted by atomic mass is 10.1. The van der Waals surface area contributed by atoms with Crippen LogP contribution < -0.4 is 38.8 Å². The molecule has 0 aliphatic rings. The van der Waals surface area contributed by atoms with Gasteiger partial charge in [0.2, 0.25) is 11.5 Å². The predicted octanol–water partition coefficient (Wildman–Crippen LogP) is 6.97. The summed E-state index contributed by atoms with van der Waals surface area (Å²) in [4.78, 5) is 39.6.